The summed E-state index contributed by atoms with van der Waals surface area (Å²) < 4.78 is 19.4. The molecule has 3 N–H and O–H groups in total. The summed E-state index contributed by atoms with van der Waals surface area (Å²) in [5.41, 5.74) is 7.45. The average molecular weight is 288 g/mol. The summed E-state index contributed by atoms with van der Waals surface area (Å²) in [7, 11) is 0. The summed E-state index contributed by atoms with van der Waals surface area (Å²) >= 11 is 4.79. The zero-order valence-electron chi connectivity index (χ0n) is 10.6. The number of nitrogens with one attached hydrogen (secondary N) is 1. The van der Waals surface area contributed by atoms with Gasteiger partial charge in [0, 0.05) is 16.8 Å². The van der Waals surface area contributed by atoms with E-state index in [0.717, 1.165) is 11.3 Å². The van der Waals surface area contributed by atoms with Crippen molar-refractivity contribution in [3.05, 3.63) is 59.4 Å². The van der Waals surface area contributed by atoms with Gasteiger partial charge in [0.15, 0.2) is 0 Å². The lowest BCUT2D eigenvalue weighted by atomic mass is 10.1. The number of thiocarbonyl (C=S) groups is 1. The van der Waals surface area contributed by atoms with Crippen LogP contribution < -0.4 is 15.8 Å². The van der Waals surface area contributed by atoms with Gasteiger partial charge in [-0.2, -0.15) is 0 Å². The monoisotopic (exact) mass is 288 g/mol. The molecule has 2 aromatic rings. The first kappa shape index (κ1) is 12.9. The van der Waals surface area contributed by atoms with E-state index < -0.39 is 5.82 Å². The fourth-order valence-corrected chi connectivity index (χ4v) is 2.45. The number of para-hydroxylation sites is 1. The van der Waals surface area contributed by atoms with Crippen molar-refractivity contribution in [2.45, 2.75) is 6.04 Å². The Kier molecular flexibility index (Phi) is 3.28. The molecule has 0 radical (unpaired) electrons. The number of benzene rings is 2. The Labute approximate surface area is 121 Å². The van der Waals surface area contributed by atoms with Crippen LogP contribution in [0.3, 0.4) is 0 Å². The maximum absolute atomic E-state index is 13.8. The Morgan fingerprint density at radius 2 is 2.10 bits per heavy atom. The Balaban J connectivity index is 1.83. The van der Waals surface area contributed by atoms with Crippen LogP contribution in [0.4, 0.5) is 10.1 Å². The zero-order valence-corrected chi connectivity index (χ0v) is 11.4. The van der Waals surface area contributed by atoms with Gasteiger partial charge in [0.2, 0.25) is 0 Å². The minimum absolute atomic E-state index is 0.0151. The SMILES string of the molecule is NC(=S)c1ccc(NC2COc3ccccc32)cc1F. The highest BCUT2D eigenvalue weighted by atomic mass is 32.1. The van der Waals surface area contributed by atoms with Crippen LogP contribution in [-0.2, 0) is 0 Å². The van der Waals surface area contributed by atoms with Gasteiger partial charge in [-0.25, -0.2) is 4.39 Å². The molecule has 3 nitrogen and oxygen atoms in total. The summed E-state index contributed by atoms with van der Waals surface area (Å²) in [6.45, 7) is 0.526. The van der Waals surface area contributed by atoms with Gasteiger partial charge >= 0.3 is 0 Å². The molecule has 1 atom stereocenters. The Morgan fingerprint density at radius 3 is 2.85 bits per heavy atom. The second kappa shape index (κ2) is 5.09. The molecule has 0 aliphatic carbocycles. The lowest BCUT2D eigenvalue weighted by molar-refractivity contribution is 0.340. The van der Waals surface area contributed by atoms with Crippen LogP contribution in [0.2, 0.25) is 0 Å². The van der Waals surface area contributed by atoms with Gasteiger partial charge in [0.25, 0.3) is 0 Å². The van der Waals surface area contributed by atoms with Crippen LogP contribution in [0.1, 0.15) is 17.2 Å². The third kappa shape index (κ3) is 2.32. The van der Waals surface area contributed by atoms with E-state index >= 15 is 0 Å². The number of hydrogen-bond acceptors (Lipinski definition) is 3. The molecule has 0 bridgehead atoms. The molecule has 0 saturated carbocycles. The zero-order chi connectivity index (χ0) is 14.1. The number of nitrogens with two attached hydrogens (primary N) is 1. The molecule has 5 heteroatoms. The van der Waals surface area contributed by atoms with Gasteiger partial charge in [0.1, 0.15) is 23.2 Å². The van der Waals surface area contributed by atoms with E-state index in [2.05, 4.69) is 5.32 Å². The van der Waals surface area contributed by atoms with Crippen molar-refractivity contribution in [2.75, 3.05) is 11.9 Å². The summed E-state index contributed by atoms with van der Waals surface area (Å²) in [4.78, 5) is 0.0589. The number of hydrogen-bond donors (Lipinski definition) is 2. The molecule has 0 saturated heterocycles. The number of halogens is 1. The fraction of sp³-hybridized carbons (Fsp3) is 0.133. The predicted molar refractivity (Wildman–Crippen MR) is 80.6 cm³/mol. The van der Waals surface area contributed by atoms with Crippen molar-refractivity contribution < 1.29 is 9.13 Å². The number of rotatable bonds is 3. The van der Waals surface area contributed by atoms with E-state index in [0.29, 0.717) is 12.3 Å². The lowest BCUT2D eigenvalue weighted by Crippen LogP contribution is -2.14. The largest absolute Gasteiger partial charge is 0.491 e. The van der Waals surface area contributed by atoms with Crippen molar-refractivity contribution in [3.8, 4) is 5.75 Å². The van der Waals surface area contributed by atoms with E-state index in [9.17, 15) is 4.39 Å². The standard InChI is InChI=1S/C15H13FN2OS/c16-12-7-9(5-6-10(12)15(17)20)18-13-8-19-14-4-2-1-3-11(13)14/h1-7,13,18H,8H2,(H2,17,20). The van der Waals surface area contributed by atoms with Crippen molar-refractivity contribution >= 4 is 22.9 Å². The molecule has 0 amide bonds. The van der Waals surface area contributed by atoms with Gasteiger partial charge < -0.3 is 15.8 Å². The van der Waals surface area contributed by atoms with E-state index in [1.807, 2.05) is 24.3 Å². The molecule has 1 unspecified atom stereocenters. The smallest absolute Gasteiger partial charge is 0.135 e. The van der Waals surface area contributed by atoms with Gasteiger partial charge in [-0.15, -0.1) is 0 Å². The quantitative estimate of drug-likeness (QED) is 0.852. The van der Waals surface area contributed by atoms with Crippen LogP contribution in [0.25, 0.3) is 0 Å². The Hall–Kier alpha value is -2.14. The van der Waals surface area contributed by atoms with Gasteiger partial charge in [-0.05, 0) is 24.3 Å². The van der Waals surface area contributed by atoms with Crippen LogP contribution in [-0.4, -0.2) is 11.6 Å². The van der Waals surface area contributed by atoms with Crippen LogP contribution in [0, 0.1) is 5.82 Å². The van der Waals surface area contributed by atoms with Crippen molar-refractivity contribution in [1.82, 2.24) is 0 Å². The third-order valence-corrected chi connectivity index (χ3v) is 3.50. The molecular formula is C15H13FN2OS. The Morgan fingerprint density at radius 1 is 1.30 bits per heavy atom. The maximum atomic E-state index is 13.8. The molecule has 102 valence electrons. The van der Waals surface area contributed by atoms with Gasteiger partial charge in [-0.3, -0.25) is 0 Å². The second-order valence-electron chi connectivity index (χ2n) is 4.60. The number of ether oxygens (including phenoxy) is 1. The third-order valence-electron chi connectivity index (χ3n) is 3.28. The lowest BCUT2D eigenvalue weighted by Gasteiger charge is -2.14. The minimum atomic E-state index is -0.422. The molecule has 2 aromatic carbocycles. The minimum Gasteiger partial charge on any atom is -0.491 e. The predicted octanol–water partition coefficient (Wildman–Crippen LogP) is 3.01. The van der Waals surface area contributed by atoms with Gasteiger partial charge in [0.05, 0.1) is 6.04 Å². The maximum Gasteiger partial charge on any atom is 0.135 e. The topological polar surface area (TPSA) is 47.3 Å². The molecule has 1 heterocycles. The molecule has 3 rings (SSSR count). The van der Waals surface area contributed by atoms with Crippen molar-refractivity contribution in [1.29, 1.82) is 0 Å². The highest BCUT2D eigenvalue weighted by Crippen LogP contribution is 2.34. The van der Waals surface area contributed by atoms with E-state index in [1.54, 1.807) is 12.1 Å². The summed E-state index contributed by atoms with van der Waals surface area (Å²) in [5.74, 6) is 0.444. The van der Waals surface area contributed by atoms with E-state index in [1.165, 1.54) is 6.07 Å². The number of anilines is 1. The molecule has 0 aromatic heterocycles. The van der Waals surface area contributed by atoms with Gasteiger partial charge in [-0.1, -0.05) is 30.4 Å². The van der Waals surface area contributed by atoms with E-state index in [-0.39, 0.29) is 16.6 Å². The summed E-state index contributed by atoms with van der Waals surface area (Å²) in [5, 5.41) is 3.25. The van der Waals surface area contributed by atoms with E-state index in [4.69, 9.17) is 22.7 Å². The van der Waals surface area contributed by atoms with Crippen molar-refractivity contribution in [3.63, 3.8) is 0 Å². The first-order valence-electron chi connectivity index (χ1n) is 6.23. The summed E-state index contributed by atoms with van der Waals surface area (Å²) in [6, 6.07) is 12.6. The molecular weight excluding hydrogens is 275 g/mol. The fourth-order valence-electron chi connectivity index (χ4n) is 2.29. The second-order valence-corrected chi connectivity index (χ2v) is 5.04. The van der Waals surface area contributed by atoms with Crippen LogP contribution >= 0.6 is 12.2 Å². The normalized spacial score (nSPS) is 16.4. The van der Waals surface area contributed by atoms with Crippen LogP contribution in [0.15, 0.2) is 42.5 Å². The first-order chi connectivity index (χ1) is 9.65. The molecule has 1 aliphatic rings. The first-order valence-corrected chi connectivity index (χ1v) is 6.63. The molecule has 0 spiro atoms. The number of fused-ring (bicyclic) bond motifs is 1. The highest BCUT2D eigenvalue weighted by Gasteiger charge is 2.23. The molecule has 0 fully saturated rings. The van der Waals surface area contributed by atoms with Crippen LogP contribution in [0.5, 0.6) is 5.75 Å². The average Bonchev–Trinajstić information content (AvgIpc) is 2.82. The molecule has 20 heavy (non-hydrogen) atoms. The highest BCUT2D eigenvalue weighted by molar-refractivity contribution is 7.80. The summed E-state index contributed by atoms with van der Waals surface area (Å²) in [6.07, 6.45) is 0. The Bertz CT molecular complexity index is 675. The molecule has 1 aliphatic heterocycles. The van der Waals surface area contributed by atoms with Crippen molar-refractivity contribution in [2.24, 2.45) is 5.73 Å².